The van der Waals surface area contributed by atoms with Crippen LogP contribution in [0.5, 0.6) is 0 Å². The third kappa shape index (κ3) is 3.34. The van der Waals surface area contributed by atoms with E-state index in [1.165, 1.54) is 0 Å². The Labute approximate surface area is 89.2 Å². The van der Waals surface area contributed by atoms with Crippen molar-refractivity contribution in [2.75, 3.05) is 19.7 Å². The van der Waals surface area contributed by atoms with Crippen LogP contribution >= 0.6 is 12.4 Å². The van der Waals surface area contributed by atoms with Gasteiger partial charge in [-0.25, -0.2) is 0 Å². The smallest absolute Gasteiger partial charge is 0.107 e. The molecule has 1 aliphatic rings. The molecule has 1 saturated heterocycles. The van der Waals surface area contributed by atoms with Crippen molar-refractivity contribution in [3.05, 3.63) is 0 Å². The molecule has 0 unspecified atom stereocenters. The van der Waals surface area contributed by atoms with Gasteiger partial charge in [0.1, 0.15) is 6.10 Å². The minimum atomic E-state index is -1.12. The summed E-state index contributed by atoms with van der Waals surface area (Å²) in [6.45, 7) is 0.766. The van der Waals surface area contributed by atoms with Gasteiger partial charge in [-0.15, -0.1) is 12.4 Å². The lowest BCUT2D eigenvalue weighted by molar-refractivity contribution is -0.0700. The molecule has 0 radical (unpaired) electrons. The van der Waals surface area contributed by atoms with Gasteiger partial charge in [0.25, 0.3) is 0 Å². The third-order valence-corrected chi connectivity index (χ3v) is 2.49. The van der Waals surface area contributed by atoms with E-state index in [0.717, 1.165) is 0 Å². The van der Waals surface area contributed by atoms with E-state index in [-0.39, 0.29) is 31.5 Å². The lowest BCUT2D eigenvalue weighted by atomic mass is 9.94. The molecule has 1 heterocycles. The third-order valence-electron chi connectivity index (χ3n) is 2.49. The van der Waals surface area contributed by atoms with Crippen molar-refractivity contribution in [1.29, 1.82) is 0 Å². The van der Waals surface area contributed by atoms with E-state index in [1.807, 2.05) is 0 Å². The molecule has 0 aromatic heterocycles. The van der Waals surface area contributed by atoms with Gasteiger partial charge in [0, 0.05) is 25.6 Å². The van der Waals surface area contributed by atoms with Gasteiger partial charge in [-0.1, -0.05) is 0 Å². The summed E-state index contributed by atoms with van der Waals surface area (Å²) in [5, 5.41) is 39.8. The Morgan fingerprint density at radius 2 is 1.71 bits per heavy atom. The van der Waals surface area contributed by atoms with Gasteiger partial charge in [-0.3, -0.25) is 0 Å². The van der Waals surface area contributed by atoms with Gasteiger partial charge in [-0.2, -0.15) is 0 Å². The second kappa shape index (κ2) is 6.55. The molecule has 0 spiro atoms. The van der Waals surface area contributed by atoms with Crippen LogP contribution in [0.2, 0.25) is 0 Å². The highest BCUT2D eigenvalue weighted by Crippen LogP contribution is 2.16. The first-order chi connectivity index (χ1) is 6.16. The average Bonchev–Trinajstić information content (AvgIpc) is 2.22. The molecular formula is C8H18ClNO4. The fourth-order valence-corrected chi connectivity index (χ4v) is 1.60. The maximum absolute atomic E-state index is 9.56. The van der Waals surface area contributed by atoms with Crippen molar-refractivity contribution < 1.29 is 20.4 Å². The van der Waals surface area contributed by atoms with Gasteiger partial charge < -0.3 is 25.7 Å². The molecule has 0 bridgehead atoms. The van der Waals surface area contributed by atoms with E-state index in [2.05, 4.69) is 5.32 Å². The Kier molecular flexibility index (Phi) is 6.59. The minimum Gasteiger partial charge on any atom is -0.396 e. The zero-order chi connectivity index (χ0) is 9.84. The maximum Gasteiger partial charge on any atom is 0.107 e. The SMILES string of the molecule is Cl.OCC[C@@H]1CNC[C@H](O)[C@@H](O)[C@@H]1O. The highest BCUT2D eigenvalue weighted by atomic mass is 35.5. The topological polar surface area (TPSA) is 93.0 Å². The van der Waals surface area contributed by atoms with Gasteiger partial charge in [0.2, 0.25) is 0 Å². The van der Waals surface area contributed by atoms with Crippen LogP contribution in [0.25, 0.3) is 0 Å². The molecular weight excluding hydrogens is 210 g/mol. The van der Waals surface area contributed by atoms with E-state index in [1.54, 1.807) is 0 Å². The van der Waals surface area contributed by atoms with Crippen LogP contribution in [0.3, 0.4) is 0 Å². The molecule has 0 aromatic carbocycles. The van der Waals surface area contributed by atoms with E-state index in [9.17, 15) is 15.3 Å². The summed E-state index contributed by atoms with van der Waals surface area (Å²) in [5.74, 6) is -0.197. The fourth-order valence-electron chi connectivity index (χ4n) is 1.60. The first-order valence-electron chi connectivity index (χ1n) is 4.52. The van der Waals surface area contributed by atoms with Crippen LogP contribution in [-0.2, 0) is 0 Å². The molecule has 1 aliphatic heterocycles. The number of hydrogen-bond donors (Lipinski definition) is 5. The summed E-state index contributed by atoms with van der Waals surface area (Å²) >= 11 is 0. The standard InChI is InChI=1S/C8H17NO4.ClH/c10-2-1-5-3-9-4-6(11)8(13)7(5)12;/h5-13H,1-4H2;1H/t5-,6+,7-,8-;/m1./s1. The monoisotopic (exact) mass is 227 g/mol. The number of halogens is 1. The van der Waals surface area contributed by atoms with Crippen molar-refractivity contribution >= 4 is 12.4 Å². The van der Waals surface area contributed by atoms with Crippen molar-refractivity contribution in [1.82, 2.24) is 5.32 Å². The summed E-state index contributed by atoms with van der Waals surface area (Å²) in [7, 11) is 0. The molecule has 4 atom stereocenters. The number of rotatable bonds is 2. The Morgan fingerprint density at radius 3 is 2.29 bits per heavy atom. The van der Waals surface area contributed by atoms with Gasteiger partial charge in [0.05, 0.1) is 12.2 Å². The minimum absolute atomic E-state index is 0. The fraction of sp³-hybridized carbons (Fsp3) is 1.00. The van der Waals surface area contributed by atoms with E-state index >= 15 is 0 Å². The van der Waals surface area contributed by atoms with Crippen LogP contribution in [0.4, 0.5) is 0 Å². The van der Waals surface area contributed by atoms with Gasteiger partial charge in [-0.05, 0) is 6.42 Å². The van der Waals surface area contributed by atoms with Gasteiger partial charge >= 0.3 is 0 Å². The predicted octanol–water partition coefficient (Wildman–Crippen LogP) is -1.91. The van der Waals surface area contributed by atoms with Crippen LogP contribution in [0.15, 0.2) is 0 Å². The summed E-state index contributed by atoms with van der Waals surface area (Å²) < 4.78 is 0. The average molecular weight is 228 g/mol. The molecule has 1 rings (SSSR count). The van der Waals surface area contributed by atoms with Gasteiger partial charge in [0.15, 0.2) is 0 Å². The number of hydrogen-bond acceptors (Lipinski definition) is 5. The zero-order valence-electron chi connectivity index (χ0n) is 7.83. The molecule has 5 nitrogen and oxygen atoms in total. The molecule has 5 N–H and O–H groups in total. The van der Waals surface area contributed by atoms with Crippen molar-refractivity contribution in [2.45, 2.75) is 24.7 Å². The first kappa shape index (κ1) is 14.1. The van der Waals surface area contributed by atoms with Crippen LogP contribution in [0.1, 0.15) is 6.42 Å². The van der Waals surface area contributed by atoms with E-state index in [0.29, 0.717) is 13.0 Å². The Hall–Kier alpha value is 0.0900. The normalized spacial score (nSPS) is 38.6. The number of aliphatic hydroxyl groups is 4. The maximum atomic E-state index is 9.56. The Balaban J connectivity index is 0.00000169. The predicted molar refractivity (Wildman–Crippen MR) is 53.3 cm³/mol. The van der Waals surface area contributed by atoms with Crippen molar-refractivity contribution in [2.24, 2.45) is 5.92 Å². The number of aliphatic hydroxyl groups excluding tert-OH is 4. The summed E-state index contributed by atoms with van der Waals surface area (Å²) in [4.78, 5) is 0. The zero-order valence-corrected chi connectivity index (χ0v) is 8.65. The molecule has 6 heteroatoms. The summed E-state index contributed by atoms with van der Waals surface area (Å²) in [6.07, 6.45) is -2.58. The van der Waals surface area contributed by atoms with E-state index in [4.69, 9.17) is 5.11 Å². The quantitative estimate of drug-likeness (QED) is 0.380. The lowest BCUT2D eigenvalue weighted by Gasteiger charge is -2.24. The highest BCUT2D eigenvalue weighted by molar-refractivity contribution is 5.85. The molecule has 1 fully saturated rings. The molecule has 0 aromatic rings. The summed E-state index contributed by atoms with van der Waals surface area (Å²) in [5.41, 5.74) is 0. The first-order valence-corrected chi connectivity index (χ1v) is 4.52. The number of β-amino-alcohol motifs (C(OH)–C–C–N with tert-alkyl or cyclic N) is 1. The van der Waals surface area contributed by atoms with Crippen LogP contribution < -0.4 is 5.32 Å². The molecule has 0 saturated carbocycles. The largest absolute Gasteiger partial charge is 0.396 e. The molecule has 86 valence electrons. The Bertz CT molecular complexity index is 160. The lowest BCUT2D eigenvalue weighted by Crippen LogP contribution is -2.41. The number of nitrogens with one attached hydrogen (secondary N) is 1. The molecule has 0 amide bonds. The van der Waals surface area contributed by atoms with Crippen molar-refractivity contribution in [3.8, 4) is 0 Å². The molecule has 0 aliphatic carbocycles. The Morgan fingerprint density at radius 1 is 1.07 bits per heavy atom. The van der Waals surface area contributed by atoms with Crippen LogP contribution in [-0.4, -0.2) is 58.4 Å². The molecule has 14 heavy (non-hydrogen) atoms. The van der Waals surface area contributed by atoms with Crippen molar-refractivity contribution in [3.63, 3.8) is 0 Å². The summed E-state index contributed by atoms with van der Waals surface area (Å²) in [6, 6.07) is 0. The van der Waals surface area contributed by atoms with E-state index < -0.39 is 18.3 Å². The highest BCUT2D eigenvalue weighted by Gasteiger charge is 2.33. The second-order valence-electron chi connectivity index (χ2n) is 3.48. The van der Waals surface area contributed by atoms with Crippen LogP contribution in [0, 0.1) is 5.92 Å². The second-order valence-corrected chi connectivity index (χ2v) is 3.48.